The van der Waals surface area contributed by atoms with Gasteiger partial charge in [0.15, 0.2) is 0 Å². The fraction of sp³-hybridized carbons (Fsp3) is 0.167. The predicted molar refractivity (Wildman–Crippen MR) is 119 cm³/mol. The van der Waals surface area contributed by atoms with Gasteiger partial charge >= 0.3 is 0 Å². The highest BCUT2D eigenvalue weighted by molar-refractivity contribution is 7.20. The zero-order valence-electron chi connectivity index (χ0n) is 16.5. The first kappa shape index (κ1) is 18.8. The van der Waals surface area contributed by atoms with Crippen LogP contribution < -0.4 is 0 Å². The number of benzene rings is 2. The van der Waals surface area contributed by atoms with Crippen LogP contribution in [0.4, 0.5) is 4.39 Å². The van der Waals surface area contributed by atoms with Crippen molar-refractivity contribution in [3.8, 4) is 5.69 Å². The summed E-state index contributed by atoms with van der Waals surface area (Å²) in [6.45, 7) is 3.25. The van der Waals surface area contributed by atoms with Crippen molar-refractivity contribution in [3.05, 3.63) is 88.7 Å². The Bertz CT molecular complexity index is 1260. The van der Waals surface area contributed by atoms with Crippen molar-refractivity contribution in [2.45, 2.75) is 13.3 Å². The molecule has 0 radical (unpaired) electrons. The Morgan fingerprint density at radius 3 is 2.57 bits per heavy atom. The third-order valence-corrected chi connectivity index (χ3v) is 6.57. The first-order chi connectivity index (χ1) is 14.6. The molecule has 0 spiro atoms. The Hall–Kier alpha value is -3.25. The van der Waals surface area contributed by atoms with E-state index in [-0.39, 0.29) is 11.7 Å². The van der Waals surface area contributed by atoms with Crippen LogP contribution in [0.5, 0.6) is 0 Å². The monoisotopic (exact) mass is 417 g/mol. The molecule has 0 saturated heterocycles. The number of rotatable bonds is 3. The van der Waals surface area contributed by atoms with E-state index in [2.05, 4.69) is 23.3 Å². The third-order valence-electron chi connectivity index (χ3n) is 5.47. The van der Waals surface area contributed by atoms with E-state index in [0.717, 1.165) is 28.0 Å². The molecule has 0 fully saturated rings. The van der Waals surface area contributed by atoms with Gasteiger partial charge in [-0.3, -0.25) is 4.79 Å². The van der Waals surface area contributed by atoms with Crippen LogP contribution in [-0.4, -0.2) is 33.7 Å². The quantitative estimate of drug-likeness (QED) is 0.444. The van der Waals surface area contributed by atoms with Crippen LogP contribution in [-0.2, 0) is 0 Å². The molecule has 0 aliphatic carbocycles. The van der Waals surface area contributed by atoms with E-state index < -0.39 is 0 Å². The van der Waals surface area contributed by atoms with Gasteiger partial charge in [0.25, 0.3) is 5.91 Å². The fourth-order valence-electron chi connectivity index (χ4n) is 3.83. The smallest absolute Gasteiger partial charge is 0.264 e. The summed E-state index contributed by atoms with van der Waals surface area (Å²) in [5.74, 6) is -0.237. The highest BCUT2D eigenvalue weighted by Crippen LogP contribution is 2.32. The Balaban J connectivity index is 1.41. The summed E-state index contributed by atoms with van der Waals surface area (Å²) in [5, 5.41) is 5.54. The lowest BCUT2D eigenvalue weighted by atomic mass is 9.99. The minimum atomic E-state index is -0.283. The molecule has 3 heterocycles. The van der Waals surface area contributed by atoms with Gasteiger partial charge in [0.05, 0.1) is 16.3 Å². The number of nitrogens with zero attached hydrogens (tertiary/aromatic N) is 3. The molecule has 0 saturated carbocycles. The molecule has 0 atom stereocenters. The van der Waals surface area contributed by atoms with Crippen molar-refractivity contribution < 1.29 is 9.18 Å². The van der Waals surface area contributed by atoms with E-state index in [1.807, 2.05) is 36.1 Å². The maximum absolute atomic E-state index is 13.3. The summed E-state index contributed by atoms with van der Waals surface area (Å²) >= 11 is 1.44. The molecular formula is C24H20FN3OS. The van der Waals surface area contributed by atoms with Gasteiger partial charge in [-0.05, 0) is 54.8 Å². The largest absolute Gasteiger partial charge is 0.334 e. The Morgan fingerprint density at radius 2 is 1.87 bits per heavy atom. The van der Waals surface area contributed by atoms with E-state index in [0.29, 0.717) is 18.0 Å². The van der Waals surface area contributed by atoms with Crippen LogP contribution in [0.2, 0.25) is 0 Å². The van der Waals surface area contributed by atoms with Gasteiger partial charge in [-0.2, -0.15) is 5.10 Å². The van der Waals surface area contributed by atoms with Crippen molar-refractivity contribution in [3.63, 3.8) is 0 Å². The molecule has 0 bridgehead atoms. The van der Waals surface area contributed by atoms with Gasteiger partial charge in [-0.1, -0.05) is 36.4 Å². The van der Waals surface area contributed by atoms with Crippen molar-refractivity contribution in [2.24, 2.45) is 0 Å². The van der Waals surface area contributed by atoms with Crippen LogP contribution in [0.25, 0.3) is 21.5 Å². The minimum absolute atomic E-state index is 0.0459. The Labute approximate surface area is 177 Å². The molecule has 6 heteroatoms. The lowest BCUT2D eigenvalue weighted by Gasteiger charge is -2.26. The second kappa shape index (κ2) is 7.54. The van der Waals surface area contributed by atoms with Crippen molar-refractivity contribution in [2.75, 3.05) is 13.1 Å². The average Bonchev–Trinajstić information content (AvgIpc) is 3.35. The molecule has 4 nitrogen and oxygen atoms in total. The number of aryl methyl sites for hydroxylation is 1. The average molecular weight is 418 g/mol. The molecule has 4 aromatic rings. The van der Waals surface area contributed by atoms with Crippen LogP contribution in [0.15, 0.2) is 66.7 Å². The van der Waals surface area contributed by atoms with Gasteiger partial charge in [0.2, 0.25) is 0 Å². The number of amides is 1. The summed E-state index contributed by atoms with van der Waals surface area (Å²) in [6, 6.07) is 18.5. The lowest BCUT2D eigenvalue weighted by Crippen LogP contribution is -2.34. The van der Waals surface area contributed by atoms with E-state index in [9.17, 15) is 9.18 Å². The first-order valence-corrected chi connectivity index (χ1v) is 10.7. The highest BCUT2D eigenvalue weighted by atomic mass is 32.1. The summed E-state index contributed by atoms with van der Waals surface area (Å²) in [7, 11) is 0. The molecule has 0 N–H and O–H groups in total. The number of fused-ring (bicyclic) bond motifs is 1. The van der Waals surface area contributed by atoms with Gasteiger partial charge in [-0.15, -0.1) is 11.3 Å². The van der Waals surface area contributed by atoms with Crippen LogP contribution in [0.1, 0.15) is 27.3 Å². The van der Waals surface area contributed by atoms with Crippen molar-refractivity contribution in [1.29, 1.82) is 0 Å². The number of thiophene rings is 1. The standard InChI is InChI=1S/C24H20FN3OS/c1-16-21-15-22(30-24(21)28(26-16)20-9-7-19(25)8-10-20)23(29)27-13-11-18(12-14-27)17-5-3-2-4-6-17/h2-11,15H,12-14H2,1H3. The molecule has 150 valence electrons. The number of carbonyl (C=O) groups excluding carboxylic acids is 1. The molecule has 1 aliphatic rings. The molecule has 1 aliphatic heterocycles. The summed E-state index contributed by atoms with van der Waals surface area (Å²) in [4.78, 5) is 16.6. The number of hydrogen-bond donors (Lipinski definition) is 0. The molecule has 5 rings (SSSR count). The van der Waals surface area contributed by atoms with Gasteiger partial charge in [0.1, 0.15) is 10.6 Å². The lowest BCUT2D eigenvalue weighted by molar-refractivity contribution is 0.0778. The number of carbonyl (C=O) groups is 1. The van der Waals surface area contributed by atoms with Crippen LogP contribution in [0, 0.1) is 12.7 Å². The number of halogens is 1. The highest BCUT2D eigenvalue weighted by Gasteiger charge is 2.23. The van der Waals surface area contributed by atoms with Gasteiger partial charge < -0.3 is 4.90 Å². The van der Waals surface area contributed by atoms with Crippen LogP contribution in [0.3, 0.4) is 0 Å². The maximum Gasteiger partial charge on any atom is 0.264 e. The fourth-order valence-corrected chi connectivity index (χ4v) is 4.98. The summed E-state index contributed by atoms with van der Waals surface area (Å²) in [6.07, 6.45) is 3.00. The Morgan fingerprint density at radius 1 is 1.10 bits per heavy atom. The second-order valence-electron chi connectivity index (χ2n) is 7.40. The topological polar surface area (TPSA) is 38.1 Å². The molecular weight excluding hydrogens is 397 g/mol. The van der Waals surface area contributed by atoms with Crippen molar-refractivity contribution >= 4 is 33.0 Å². The van der Waals surface area contributed by atoms with E-state index in [1.54, 1.807) is 16.8 Å². The Kier molecular flexibility index (Phi) is 4.71. The zero-order chi connectivity index (χ0) is 20.7. The minimum Gasteiger partial charge on any atom is -0.334 e. The molecule has 0 unspecified atom stereocenters. The van der Waals surface area contributed by atoms with E-state index in [1.165, 1.54) is 34.6 Å². The summed E-state index contributed by atoms with van der Waals surface area (Å²) in [5.41, 5.74) is 4.15. The zero-order valence-corrected chi connectivity index (χ0v) is 17.3. The molecule has 1 amide bonds. The normalized spacial score (nSPS) is 14.2. The van der Waals surface area contributed by atoms with E-state index in [4.69, 9.17) is 0 Å². The van der Waals surface area contributed by atoms with Crippen LogP contribution >= 0.6 is 11.3 Å². The summed E-state index contributed by atoms with van der Waals surface area (Å²) < 4.78 is 15.1. The SMILES string of the molecule is Cc1nn(-c2ccc(F)cc2)c2sc(C(=O)N3CC=C(c4ccccc4)CC3)cc12. The molecule has 30 heavy (non-hydrogen) atoms. The molecule has 2 aromatic heterocycles. The first-order valence-electron chi connectivity index (χ1n) is 9.89. The third kappa shape index (κ3) is 3.33. The van der Waals surface area contributed by atoms with Gasteiger partial charge in [0, 0.05) is 18.5 Å². The second-order valence-corrected chi connectivity index (χ2v) is 8.43. The van der Waals surface area contributed by atoms with E-state index >= 15 is 0 Å². The van der Waals surface area contributed by atoms with Gasteiger partial charge in [-0.25, -0.2) is 9.07 Å². The maximum atomic E-state index is 13.3. The number of hydrogen-bond acceptors (Lipinski definition) is 3. The molecule has 2 aromatic carbocycles. The predicted octanol–water partition coefficient (Wildman–Crippen LogP) is 5.46. The van der Waals surface area contributed by atoms with Crippen molar-refractivity contribution in [1.82, 2.24) is 14.7 Å². The number of aromatic nitrogens is 2.